The molecule has 3 aromatic heterocycles. The molecule has 4 heterocycles. The first-order chi connectivity index (χ1) is 13.8. The van der Waals surface area contributed by atoms with Crippen LogP contribution >= 0.6 is 11.3 Å². The maximum absolute atomic E-state index is 12.3. The van der Waals surface area contributed by atoms with Crippen molar-refractivity contribution in [2.75, 3.05) is 36.4 Å². The third-order valence-corrected chi connectivity index (χ3v) is 5.29. The Morgan fingerprint density at radius 2 is 1.86 bits per heavy atom. The lowest BCUT2D eigenvalue weighted by molar-refractivity contribution is -0.126. The number of hydrogen-bond donors (Lipinski definition) is 1. The number of hydrogen-bond acceptors (Lipinski definition) is 7. The van der Waals surface area contributed by atoms with Gasteiger partial charge in [-0.15, -0.1) is 21.5 Å². The number of nitrogens with zero attached hydrogens (tertiary/aromatic N) is 5. The maximum atomic E-state index is 12.3. The summed E-state index contributed by atoms with van der Waals surface area (Å²) in [5.41, 5.74) is 0.916. The van der Waals surface area contributed by atoms with Gasteiger partial charge < -0.3 is 15.1 Å². The Hall–Kier alpha value is -3.26. The van der Waals surface area contributed by atoms with Crippen LogP contribution in [-0.4, -0.2) is 52.2 Å². The van der Waals surface area contributed by atoms with Gasteiger partial charge in [-0.2, -0.15) is 0 Å². The lowest BCUT2D eigenvalue weighted by Gasteiger charge is -2.34. The number of carbonyl (C=O) groups excluding carboxylic acids is 1. The highest BCUT2D eigenvalue weighted by molar-refractivity contribution is 7.10. The Morgan fingerprint density at radius 3 is 2.54 bits per heavy atom. The van der Waals surface area contributed by atoms with Crippen molar-refractivity contribution in [1.29, 1.82) is 0 Å². The number of amides is 1. The normalized spacial score (nSPS) is 14.4. The zero-order valence-corrected chi connectivity index (χ0v) is 16.0. The molecular formula is C20H20N6OS. The average Bonchev–Trinajstić information content (AvgIpc) is 3.27. The minimum atomic E-state index is 0.0519. The Bertz CT molecular complexity index is 919. The van der Waals surface area contributed by atoms with Crippen molar-refractivity contribution in [1.82, 2.24) is 20.1 Å². The Labute approximate surface area is 167 Å². The van der Waals surface area contributed by atoms with Crippen molar-refractivity contribution in [3.05, 3.63) is 65.1 Å². The smallest absolute Gasteiger partial charge is 0.246 e. The van der Waals surface area contributed by atoms with Gasteiger partial charge in [-0.3, -0.25) is 9.78 Å². The molecule has 0 spiro atoms. The predicted octanol–water partition coefficient (Wildman–Crippen LogP) is 3.04. The van der Waals surface area contributed by atoms with Gasteiger partial charge in [0.15, 0.2) is 11.6 Å². The fraction of sp³-hybridized carbons (Fsp3) is 0.200. The molecule has 0 radical (unpaired) electrons. The van der Waals surface area contributed by atoms with Crippen molar-refractivity contribution < 1.29 is 4.79 Å². The third-order valence-electron chi connectivity index (χ3n) is 4.45. The number of thiophene rings is 1. The van der Waals surface area contributed by atoms with Gasteiger partial charge in [-0.25, -0.2) is 0 Å². The van der Waals surface area contributed by atoms with Gasteiger partial charge in [0.25, 0.3) is 0 Å². The Balaban J connectivity index is 1.30. The predicted molar refractivity (Wildman–Crippen MR) is 112 cm³/mol. The summed E-state index contributed by atoms with van der Waals surface area (Å²) in [5.74, 6) is 1.56. The fourth-order valence-corrected chi connectivity index (χ4v) is 3.56. The van der Waals surface area contributed by atoms with Gasteiger partial charge in [-0.05, 0) is 41.8 Å². The maximum Gasteiger partial charge on any atom is 0.246 e. The highest BCUT2D eigenvalue weighted by Gasteiger charge is 2.20. The van der Waals surface area contributed by atoms with E-state index >= 15 is 0 Å². The van der Waals surface area contributed by atoms with Crippen LogP contribution in [0.3, 0.4) is 0 Å². The second-order valence-corrected chi connectivity index (χ2v) is 7.28. The van der Waals surface area contributed by atoms with E-state index in [4.69, 9.17) is 0 Å². The van der Waals surface area contributed by atoms with Gasteiger partial charge in [0.1, 0.15) is 0 Å². The lowest BCUT2D eigenvalue weighted by atomic mass is 10.3. The molecule has 1 saturated heterocycles. The van der Waals surface area contributed by atoms with Gasteiger partial charge in [0.05, 0.1) is 0 Å². The van der Waals surface area contributed by atoms with Crippen molar-refractivity contribution in [2.24, 2.45) is 0 Å². The van der Waals surface area contributed by atoms with E-state index < -0.39 is 0 Å². The molecule has 0 unspecified atom stereocenters. The first kappa shape index (κ1) is 18.1. The fourth-order valence-electron chi connectivity index (χ4n) is 2.94. The Kier molecular flexibility index (Phi) is 5.58. The highest BCUT2D eigenvalue weighted by Crippen LogP contribution is 2.17. The largest absolute Gasteiger partial charge is 0.352 e. The zero-order valence-electron chi connectivity index (χ0n) is 15.2. The van der Waals surface area contributed by atoms with E-state index in [2.05, 4.69) is 25.4 Å². The van der Waals surface area contributed by atoms with Gasteiger partial charge in [0.2, 0.25) is 5.91 Å². The third kappa shape index (κ3) is 4.52. The summed E-state index contributed by atoms with van der Waals surface area (Å²) in [6.07, 6.45) is 6.97. The quantitative estimate of drug-likeness (QED) is 0.673. The molecule has 142 valence electrons. The van der Waals surface area contributed by atoms with Crippen LogP contribution in [-0.2, 0) is 4.79 Å². The van der Waals surface area contributed by atoms with E-state index in [1.807, 2.05) is 52.8 Å². The van der Waals surface area contributed by atoms with Crippen LogP contribution in [0.4, 0.5) is 17.3 Å². The first-order valence-electron chi connectivity index (χ1n) is 9.04. The minimum Gasteiger partial charge on any atom is -0.352 e. The molecular weight excluding hydrogens is 372 g/mol. The standard InChI is InChI=1S/C20H20N6OS/c27-20(6-3-17-2-1-15-28-17)26-13-11-25(12-14-26)19-5-4-18(23-24-19)22-16-7-9-21-10-8-16/h1-10,15H,11-14H2,(H,21,22,23)/b6-3+. The van der Waals surface area contributed by atoms with E-state index in [0.717, 1.165) is 29.5 Å². The Morgan fingerprint density at radius 1 is 1.04 bits per heavy atom. The minimum absolute atomic E-state index is 0.0519. The van der Waals surface area contributed by atoms with Crippen molar-refractivity contribution in [3.8, 4) is 0 Å². The van der Waals surface area contributed by atoms with Gasteiger partial charge in [-0.1, -0.05) is 6.07 Å². The molecule has 0 bridgehead atoms. The lowest BCUT2D eigenvalue weighted by Crippen LogP contribution is -2.48. The average molecular weight is 392 g/mol. The molecule has 3 aromatic rings. The van der Waals surface area contributed by atoms with E-state index in [0.29, 0.717) is 18.9 Å². The molecule has 0 aliphatic carbocycles. The molecule has 1 aliphatic rings. The summed E-state index contributed by atoms with van der Waals surface area (Å²) < 4.78 is 0. The first-order valence-corrected chi connectivity index (χ1v) is 9.92. The van der Waals surface area contributed by atoms with Crippen LogP contribution in [0.5, 0.6) is 0 Å². The van der Waals surface area contributed by atoms with E-state index in [-0.39, 0.29) is 5.91 Å². The van der Waals surface area contributed by atoms with Crippen LogP contribution in [0, 0.1) is 0 Å². The summed E-state index contributed by atoms with van der Waals surface area (Å²) in [6.45, 7) is 2.83. The zero-order chi connectivity index (χ0) is 19.2. The van der Waals surface area contributed by atoms with Crippen LogP contribution in [0.15, 0.2) is 60.2 Å². The van der Waals surface area contributed by atoms with Crippen LogP contribution < -0.4 is 10.2 Å². The molecule has 1 aliphatic heterocycles. The van der Waals surface area contributed by atoms with Crippen molar-refractivity contribution in [3.63, 3.8) is 0 Å². The van der Waals surface area contributed by atoms with Crippen molar-refractivity contribution in [2.45, 2.75) is 0 Å². The SMILES string of the molecule is O=C(/C=C/c1cccs1)N1CCN(c2ccc(Nc3ccncc3)nn2)CC1. The monoisotopic (exact) mass is 392 g/mol. The van der Waals surface area contributed by atoms with Crippen molar-refractivity contribution >= 4 is 40.6 Å². The van der Waals surface area contributed by atoms with Crippen LogP contribution in [0.2, 0.25) is 0 Å². The summed E-state index contributed by atoms with van der Waals surface area (Å²) in [7, 11) is 0. The second kappa shape index (κ2) is 8.62. The molecule has 0 aromatic carbocycles. The van der Waals surface area contributed by atoms with E-state index in [9.17, 15) is 4.79 Å². The second-order valence-electron chi connectivity index (χ2n) is 6.30. The number of pyridine rings is 1. The molecule has 8 heteroatoms. The van der Waals surface area contributed by atoms with Crippen LogP contribution in [0.1, 0.15) is 4.88 Å². The number of nitrogens with one attached hydrogen (secondary N) is 1. The molecule has 1 amide bonds. The topological polar surface area (TPSA) is 74.2 Å². The van der Waals surface area contributed by atoms with E-state index in [1.165, 1.54) is 0 Å². The molecule has 28 heavy (non-hydrogen) atoms. The highest BCUT2D eigenvalue weighted by atomic mass is 32.1. The van der Waals surface area contributed by atoms with Crippen LogP contribution in [0.25, 0.3) is 6.08 Å². The summed E-state index contributed by atoms with van der Waals surface area (Å²) in [5, 5.41) is 13.8. The molecule has 0 saturated carbocycles. The molecule has 1 N–H and O–H groups in total. The molecule has 0 atom stereocenters. The molecule has 4 rings (SSSR count). The number of aromatic nitrogens is 3. The number of rotatable bonds is 5. The molecule has 7 nitrogen and oxygen atoms in total. The molecule has 1 fully saturated rings. The number of piperazine rings is 1. The summed E-state index contributed by atoms with van der Waals surface area (Å²) >= 11 is 1.62. The van der Waals surface area contributed by atoms with E-state index in [1.54, 1.807) is 29.8 Å². The number of anilines is 3. The summed E-state index contributed by atoms with van der Waals surface area (Å²) in [4.78, 5) is 21.4. The van der Waals surface area contributed by atoms with Gasteiger partial charge in [0, 0.05) is 55.2 Å². The van der Waals surface area contributed by atoms with Gasteiger partial charge >= 0.3 is 0 Å². The number of carbonyl (C=O) groups is 1. The summed E-state index contributed by atoms with van der Waals surface area (Å²) in [6, 6.07) is 11.6.